The summed E-state index contributed by atoms with van der Waals surface area (Å²) in [5, 5.41) is 9.92. The minimum atomic E-state index is -0.000381. The molecule has 5 atom stereocenters. The number of aliphatic hydroxyl groups excluding tert-OH is 1. The van der Waals surface area contributed by atoms with Crippen LogP contribution in [0, 0.1) is 28.6 Å². The number of aliphatic hydroxyl groups is 1. The van der Waals surface area contributed by atoms with Crippen LogP contribution in [-0.4, -0.2) is 11.2 Å². The average molecular weight is 236 g/mol. The molecule has 0 aliphatic heterocycles. The van der Waals surface area contributed by atoms with Crippen LogP contribution in [0.2, 0.25) is 0 Å². The third-order valence-corrected chi connectivity index (χ3v) is 7.12. The van der Waals surface area contributed by atoms with Crippen molar-refractivity contribution in [2.24, 2.45) is 28.6 Å². The van der Waals surface area contributed by atoms with E-state index in [-0.39, 0.29) is 6.10 Å². The first kappa shape index (κ1) is 12.0. The second kappa shape index (κ2) is 3.73. The minimum absolute atomic E-state index is 0.000381. The molecule has 0 heterocycles. The van der Waals surface area contributed by atoms with Gasteiger partial charge in [-0.15, -0.1) is 0 Å². The van der Waals surface area contributed by atoms with E-state index in [0.717, 1.165) is 30.6 Å². The van der Waals surface area contributed by atoms with Crippen molar-refractivity contribution in [2.45, 2.75) is 71.8 Å². The molecule has 0 aromatic rings. The SMILES string of the molecule is CC1(C)[C@H]2CC[C@@]1(C)[C@H]([C@@H]1CCC[C@@H](O)C1)C2. The third kappa shape index (κ3) is 1.54. The lowest BCUT2D eigenvalue weighted by Crippen LogP contribution is -2.38. The largest absolute Gasteiger partial charge is 0.393 e. The molecule has 3 aliphatic carbocycles. The smallest absolute Gasteiger partial charge is 0.0543 e. The zero-order valence-corrected chi connectivity index (χ0v) is 11.7. The van der Waals surface area contributed by atoms with E-state index in [4.69, 9.17) is 0 Å². The normalized spacial score (nSPS) is 52.9. The van der Waals surface area contributed by atoms with Crippen LogP contribution in [0.25, 0.3) is 0 Å². The van der Waals surface area contributed by atoms with Gasteiger partial charge in [0.15, 0.2) is 0 Å². The van der Waals surface area contributed by atoms with Gasteiger partial charge in [-0.25, -0.2) is 0 Å². The van der Waals surface area contributed by atoms with Crippen LogP contribution in [0.1, 0.15) is 65.7 Å². The molecule has 3 fully saturated rings. The highest BCUT2D eigenvalue weighted by Crippen LogP contribution is 2.70. The molecule has 0 radical (unpaired) electrons. The van der Waals surface area contributed by atoms with Crippen LogP contribution in [0.15, 0.2) is 0 Å². The summed E-state index contributed by atoms with van der Waals surface area (Å²) < 4.78 is 0. The van der Waals surface area contributed by atoms with Gasteiger partial charge in [-0.1, -0.05) is 27.2 Å². The fourth-order valence-electron chi connectivity index (χ4n) is 5.54. The van der Waals surface area contributed by atoms with E-state index in [1.54, 1.807) is 0 Å². The first-order valence-corrected chi connectivity index (χ1v) is 7.63. The standard InChI is InChI=1S/C16H28O/c1-15(2)12-7-8-16(15,3)14(10-12)11-5-4-6-13(17)9-11/h11-14,17H,4-10H2,1-3H3/t11-,12+,13-,14+,16+/m1/s1. The molecule has 98 valence electrons. The maximum atomic E-state index is 9.92. The molecule has 3 rings (SSSR count). The summed E-state index contributed by atoms with van der Waals surface area (Å²) in [6.07, 6.45) is 9.09. The lowest BCUT2D eigenvalue weighted by molar-refractivity contribution is 0.0168. The molecular weight excluding hydrogens is 208 g/mol. The first-order chi connectivity index (χ1) is 7.95. The molecule has 0 amide bonds. The van der Waals surface area contributed by atoms with Gasteiger partial charge in [0.05, 0.1) is 6.10 Å². The van der Waals surface area contributed by atoms with E-state index >= 15 is 0 Å². The molecule has 0 aromatic carbocycles. The maximum absolute atomic E-state index is 9.92. The number of hydrogen-bond acceptors (Lipinski definition) is 1. The maximum Gasteiger partial charge on any atom is 0.0543 e. The Kier molecular flexibility index (Phi) is 2.63. The molecule has 1 heteroatoms. The Labute approximate surface area is 106 Å². The van der Waals surface area contributed by atoms with E-state index in [9.17, 15) is 5.11 Å². The highest BCUT2D eigenvalue weighted by molar-refractivity contribution is 5.11. The van der Waals surface area contributed by atoms with Gasteiger partial charge in [0.25, 0.3) is 0 Å². The Morgan fingerprint density at radius 3 is 2.29 bits per heavy atom. The fourth-order valence-corrected chi connectivity index (χ4v) is 5.54. The number of rotatable bonds is 1. The van der Waals surface area contributed by atoms with Crippen molar-refractivity contribution in [3.05, 3.63) is 0 Å². The van der Waals surface area contributed by atoms with Crippen molar-refractivity contribution >= 4 is 0 Å². The van der Waals surface area contributed by atoms with Crippen LogP contribution in [-0.2, 0) is 0 Å². The minimum Gasteiger partial charge on any atom is -0.393 e. The van der Waals surface area contributed by atoms with Crippen LogP contribution >= 0.6 is 0 Å². The summed E-state index contributed by atoms with van der Waals surface area (Å²) in [4.78, 5) is 0. The molecule has 17 heavy (non-hydrogen) atoms. The second-order valence-corrected chi connectivity index (χ2v) is 7.80. The quantitative estimate of drug-likeness (QED) is 0.729. The van der Waals surface area contributed by atoms with Gasteiger partial charge in [0.1, 0.15) is 0 Å². The predicted molar refractivity (Wildman–Crippen MR) is 70.7 cm³/mol. The van der Waals surface area contributed by atoms with Crippen molar-refractivity contribution in [2.75, 3.05) is 0 Å². The van der Waals surface area contributed by atoms with Gasteiger partial charge in [-0.3, -0.25) is 0 Å². The van der Waals surface area contributed by atoms with E-state index in [1.807, 2.05) is 0 Å². The third-order valence-electron chi connectivity index (χ3n) is 7.12. The molecule has 0 spiro atoms. The highest BCUT2D eigenvalue weighted by atomic mass is 16.3. The summed E-state index contributed by atoms with van der Waals surface area (Å²) in [6.45, 7) is 7.56. The van der Waals surface area contributed by atoms with Gasteiger partial charge in [-0.05, 0) is 67.1 Å². The topological polar surface area (TPSA) is 20.2 Å². The molecule has 0 aromatic heterocycles. The van der Waals surface area contributed by atoms with Crippen molar-refractivity contribution in [1.82, 2.24) is 0 Å². The van der Waals surface area contributed by atoms with Gasteiger partial charge >= 0.3 is 0 Å². The Morgan fingerprint density at radius 2 is 1.76 bits per heavy atom. The summed E-state index contributed by atoms with van der Waals surface area (Å²) >= 11 is 0. The van der Waals surface area contributed by atoms with E-state index in [0.29, 0.717) is 10.8 Å². The molecule has 2 bridgehead atoms. The zero-order valence-electron chi connectivity index (χ0n) is 11.7. The Bertz CT molecular complexity index is 309. The molecule has 1 N–H and O–H groups in total. The van der Waals surface area contributed by atoms with Crippen molar-refractivity contribution in [3.63, 3.8) is 0 Å². The lowest BCUT2D eigenvalue weighted by Gasteiger charge is -2.44. The van der Waals surface area contributed by atoms with Crippen LogP contribution < -0.4 is 0 Å². The van der Waals surface area contributed by atoms with Gasteiger partial charge < -0.3 is 5.11 Å². The predicted octanol–water partition coefficient (Wildman–Crippen LogP) is 4.00. The first-order valence-electron chi connectivity index (χ1n) is 7.63. The van der Waals surface area contributed by atoms with E-state index in [1.165, 1.54) is 32.1 Å². The monoisotopic (exact) mass is 236 g/mol. The Hall–Kier alpha value is -0.0400. The van der Waals surface area contributed by atoms with E-state index < -0.39 is 0 Å². The number of hydrogen-bond donors (Lipinski definition) is 1. The fraction of sp³-hybridized carbons (Fsp3) is 1.00. The second-order valence-electron chi connectivity index (χ2n) is 7.80. The molecule has 0 saturated heterocycles. The van der Waals surface area contributed by atoms with Crippen LogP contribution in [0.5, 0.6) is 0 Å². The van der Waals surface area contributed by atoms with Gasteiger partial charge in [0, 0.05) is 0 Å². The summed E-state index contributed by atoms with van der Waals surface area (Å²) in [5.41, 5.74) is 1.10. The van der Waals surface area contributed by atoms with E-state index in [2.05, 4.69) is 20.8 Å². The Balaban J connectivity index is 1.82. The molecule has 3 saturated carbocycles. The number of fused-ring (bicyclic) bond motifs is 2. The van der Waals surface area contributed by atoms with Crippen molar-refractivity contribution < 1.29 is 5.11 Å². The summed E-state index contributed by atoms with van der Waals surface area (Å²) in [5.74, 6) is 2.66. The molecule has 3 aliphatic rings. The van der Waals surface area contributed by atoms with Crippen molar-refractivity contribution in [3.8, 4) is 0 Å². The Morgan fingerprint density at radius 1 is 1.00 bits per heavy atom. The zero-order chi connectivity index (χ0) is 12.3. The van der Waals surface area contributed by atoms with Crippen LogP contribution in [0.4, 0.5) is 0 Å². The molecule has 0 unspecified atom stereocenters. The highest BCUT2D eigenvalue weighted by Gasteiger charge is 2.62. The van der Waals surface area contributed by atoms with Gasteiger partial charge in [-0.2, -0.15) is 0 Å². The van der Waals surface area contributed by atoms with Crippen molar-refractivity contribution in [1.29, 1.82) is 0 Å². The summed E-state index contributed by atoms with van der Waals surface area (Å²) in [6, 6.07) is 0. The van der Waals surface area contributed by atoms with Crippen LogP contribution in [0.3, 0.4) is 0 Å². The van der Waals surface area contributed by atoms with Gasteiger partial charge in [0.2, 0.25) is 0 Å². The molecular formula is C16H28O. The lowest BCUT2D eigenvalue weighted by atomic mass is 9.61. The summed E-state index contributed by atoms with van der Waals surface area (Å²) in [7, 11) is 0. The molecule has 1 nitrogen and oxygen atoms in total. The average Bonchev–Trinajstić information content (AvgIpc) is 2.61.